The number of rotatable bonds is 2. The Hall–Kier alpha value is -0.400. The van der Waals surface area contributed by atoms with Gasteiger partial charge in [0.2, 0.25) is 0 Å². The molecule has 2 heterocycles. The molecule has 0 spiro atoms. The van der Waals surface area contributed by atoms with Gasteiger partial charge in [-0.2, -0.15) is 0 Å². The number of aliphatic imine (C=N–C) groups is 1. The van der Waals surface area contributed by atoms with E-state index in [1.54, 1.807) is 0 Å². The van der Waals surface area contributed by atoms with Crippen LogP contribution in [0.25, 0.3) is 0 Å². The van der Waals surface area contributed by atoms with Crippen molar-refractivity contribution in [1.29, 1.82) is 0 Å². The second kappa shape index (κ2) is 5.07. The fraction of sp³-hybridized carbons (Fsp3) is 0.900. The average molecular weight is 266 g/mol. The molecule has 2 rings (SSSR count). The number of thioether (sulfide) groups is 1. The highest BCUT2D eigenvalue weighted by Crippen LogP contribution is 2.41. The predicted molar refractivity (Wildman–Crippen MR) is 62.7 cm³/mol. The topological polar surface area (TPSA) is 64.9 Å². The van der Waals surface area contributed by atoms with Gasteiger partial charge in [-0.05, 0) is 6.92 Å². The Labute approximate surface area is 102 Å². The van der Waals surface area contributed by atoms with E-state index < -0.39 is 29.9 Å². The lowest BCUT2D eigenvalue weighted by atomic mass is 9.99. The van der Waals surface area contributed by atoms with Crippen LogP contribution in [-0.4, -0.2) is 57.8 Å². The average Bonchev–Trinajstić information content (AvgIpc) is 2.66. The van der Waals surface area contributed by atoms with Crippen LogP contribution in [0.15, 0.2) is 4.99 Å². The van der Waals surface area contributed by atoms with Gasteiger partial charge in [0.05, 0.1) is 23.2 Å². The maximum atomic E-state index is 12.7. The fourth-order valence-electron chi connectivity index (χ4n) is 2.26. The van der Waals surface area contributed by atoms with Gasteiger partial charge in [-0.1, -0.05) is 0 Å². The highest BCUT2D eigenvalue weighted by molar-refractivity contribution is 8.00. The minimum atomic E-state index is -2.63. The number of aliphatic hydroxyl groups excluding tert-OH is 2. The van der Waals surface area contributed by atoms with E-state index in [2.05, 4.69) is 10.3 Å². The van der Waals surface area contributed by atoms with Crippen molar-refractivity contribution in [1.82, 2.24) is 5.32 Å². The molecule has 7 heteroatoms. The Morgan fingerprint density at radius 1 is 1.47 bits per heavy atom. The number of nitrogens with one attached hydrogen (secondary N) is 1. The first kappa shape index (κ1) is 13.0. The lowest BCUT2D eigenvalue weighted by molar-refractivity contribution is -0.0293. The third kappa shape index (κ3) is 2.41. The molecule has 2 aliphatic rings. The Kier molecular flexibility index (Phi) is 3.89. The quantitative estimate of drug-likeness (QED) is 0.670. The summed E-state index contributed by atoms with van der Waals surface area (Å²) >= 11 is 1.04. The van der Waals surface area contributed by atoms with E-state index in [0.717, 1.165) is 17.6 Å². The molecule has 0 aromatic heterocycles. The molecule has 0 amide bonds. The molecule has 0 bridgehead atoms. The fourth-order valence-corrected chi connectivity index (χ4v) is 3.74. The number of hydrogen-bond acceptors (Lipinski definition) is 5. The molecule has 1 fully saturated rings. The highest BCUT2D eigenvalue weighted by Gasteiger charge is 2.49. The van der Waals surface area contributed by atoms with Crippen molar-refractivity contribution in [3.05, 3.63) is 0 Å². The molecule has 3 N–H and O–H groups in total. The molecule has 17 heavy (non-hydrogen) atoms. The van der Waals surface area contributed by atoms with Gasteiger partial charge in [0.1, 0.15) is 6.10 Å². The Morgan fingerprint density at radius 2 is 2.18 bits per heavy atom. The SMILES string of the molecule is CCNC1=N[C@@H]2[C@@H](O)[C@H](O)C(C(F)F)S[C@@H]2C1. The maximum absolute atomic E-state index is 12.7. The molecule has 1 saturated heterocycles. The van der Waals surface area contributed by atoms with Crippen LogP contribution in [-0.2, 0) is 0 Å². The van der Waals surface area contributed by atoms with Gasteiger partial charge in [0.25, 0.3) is 6.43 Å². The van der Waals surface area contributed by atoms with Crippen LogP contribution in [0.2, 0.25) is 0 Å². The highest BCUT2D eigenvalue weighted by atomic mass is 32.2. The molecule has 0 saturated carbocycles. The number of hydrogen-bond donors (Lipinski definition) is 3. The van der Waals surface area contributed by atoms with Crippen LogP contribution in [0.3, 0.4) is 0 Å². The summed E-state index contributed by atoms with van der Waals surface area (Å²) in [4.78, 5) is 4.25. The maximum Gasteiger partial charge on any atom is 0.252 e. The van der Waals surface area contributed by atoms with Crippen molar-refractivity contribution < 1.29 is 19.0 Å². The smallest absolute Gasteiger partial charge is 0.252 e. The van der Waals surface area contributed by atoms with Crippen molar-refractivity contribution in [2.75, 3.05) is 6.54 Å². The van der Waals surface area contributed by atoms with E-state index in [0.29, 0.717) is 13.0 Å². The van der Waals surface area contributed by atoms with Crippen molar-refractivity contribution in [2.24, 2.45) is 4.99 Å². The van der Waals surface area contributed by atoms with Crippen LogP contribution in [0.4, 0.5) is 8.78 Å². The summed E-state index contributed by atoms with van der Waals surface area (Å²) in [6.07, 6.45) is -4.69. The Morgan fingerprint density at radius 3 is 2.76 bits per heavy atom. The third-order valence-electron chi connectivity index (χ3n) is 3.08. The number of fused-ring (bicyclic) bond motifs is 1. The summed E-state index contributed by atoms with van der Waals surface area (Å²) in [5, 5.41) is 21.1. The van der Waals surface area contributed by atoms with Crippen molar-refractivity contribution in [3.63, 3.8) is 0 Å². The van der Waals surface area contributed by atoms with Gasteiger partial charge >= 0.3 is 0 Å². The first-order valence-electron chi connectivity index (χ1n) is 5.65. The monoisotopic (exact) mass is 266 g/mol. The number of alkyl halides is 2. The number of amidine groups is 1. The zero-order chi connectivity index (χ0) is 12.6. The molecule has 0 aliphatic carbocycles. The molecule has 2 aliphatic heterocycles. The Balaban J connectivity index is 2.10. The zero-order valence-electron chi connectivity index (χ0n) is 9.38. The number of halogens is 2. The first-order valence-corrected chi connectivity index (χ1v) is 6.59. The summed E-state index contributed by atoms with van der Waals surface area (Å²) in [7, 11) is 0. The van der Waals surface area contributed by atoms with Gasteiger partial charge < -0.3 is 15.5 Å². The van der Waals surface area contributed by atoms with Gasteiger partial charge in [0.15, 0.2) is 0 Å². The molecule has 0 aromatic carbocycles. The van der Waals surface area contributed by atoms with Crippen LogP contribution < -0.4 is 5.32 Å². The zero-order valence-corrected chi connectivity index (χ0v) is 10.2. The largest absolute Gasteiger partial charge is 0.389 e. The summed E-state index contributed by atoms with van der Waals surface area (Å²) in [5.74, 6) is 0.733. The summed E-state index contributed by atoms with van der Waals surface area (Å²) in [6.45, 7) is 2.63. The van der Waals surface area contributed by atoms with E-state index in [4.69, 9.17) is 0 Å². The second-order valence-corrected chi connectivity index (χ2v) is 5.68. The third-order valence-corrected chi connectivity index (χ3v) is 4.67. The summed E-state index contributed by atoms with van der Waals surface area (Å²) < 4.78 is 25.4. The summed E-state index contributed by atoms with van der Waals surface area (Å²) in [5.41, 5.74) is 0. The van der Waals surface area contributed by atoms with Gasteiger partial charge in [-0.15, -0.1) is 11.8 Å². The van der Waals surface area contributed by atoms with Gasteiger partial charge in [-0.25, -0.2) is 8.78 Å². The Bertz CT molecular complexity index is 317. The molecule has 4 nitrogen and oxygen atoms in total. The van der Waals surface area contributed by atoms with E-state index in [-0.39, 0.29) is 5.25 Å². The molecule has 5 atom stereocenters. The van der Waals surface area contributed by atoms with E-state index >= 15 is 0 Å². The van der Waals surface area contributed by atoms with Gasteiger partial charge in [-0.3, -0.25) is 4.99 Å². The van der Waals surface area contributed by atoms with Crippen LogP contribution in [0, 0.1) is 0 Å². The first-order chi connectivity index (χ1) is 8.04. The second-order valence-electron chi connectivity index (χ2n) is 4.26. The van der Waals surface area contributed by atoms with Crippen molar-refractivity contribution in [3.8, 4) is 0 Å². The predicted octanol–water partition coefficient (Wildman–Crippen LogP) is 0.238. The van der Waals surface area contributed by atoms with Gasteiger partial charge in [0, 0.05) is 18.2 Å². The molecular formula is C10H16F2N2O2S. The van der Waals surface area contributed by atoms with E-state index in [1.807, 2.05) is 6.92 Å². The standard InChI is InChI=1S/C10H16F2N2O2S/c1-2-13-5-3-4-6(14-5)7(15)8(16)9(17-4)10(11)12/h4,6-10,15-16H,2-3H2,1H3,(H,13,14)/t4-,6+,7-,8+,9?/m1/s1. The number of nitrogens with zero attached hydrogens (tertiary/aromatic N) is 1. The van der Waals surface area contributed by atoms with E-state index in [1.165, 1.54) is 0 Å². The van der Waals surface area contributed by atoms with Crippen molar-refractivity contribution in [2.45, 2.75) is 48.5 Å². The lowest BCUT2D eigenvalue weighted by Gasteiger charge is -2.37. The number of aliphatic hydroxyl groups is 2. The molecule has 1 unspecified atom stereocenters. The minimum absolute atomic E-state index is 0.165. The molecule has 0 aromatic rings. The van der Waals surface area contributed by atoms with E-state index in [9.17, 15) is 19.0 Å². The molecule has 0 radical (unpaired) electrons. The van der Waals surface area contributed by atoms with Crippen LogP contribution in [0.1, 0.15) is 13.3 Å². The van der Waals surface area contributed by atoms with Crippen LogP contribution in [0.5, 0.6) is 0 Å². The lowest BCUT2D eigenvalue weighted by Crippen LogP contribution is -2.52. The summed E-state index contributed by atoms with van der Waals surface area (Å²) in [6, 6.07) is -0.473. The molecular weight excluding hydrogens is 250 g/mol. The van der Waals surface area contributed by atoms with Crippen molar-refractivity contribution >= 4 is 17.6 Å². The van der Waals surface area contributed by atoms with Crippen LogP contribution >= 0.6 is 11.8 Å². The molecule has 98 valence electrons. The minimum Gasteiger partial charge on any atom is -0.389 e. The normalized spacial score (nSPS) is 41.3.